The molecule has 2 aromatic heterocycles. The number of carbonyl (C=O) groups is 2. The van der Waals surface area contributed by atoms with Gasteiger partial charge in [0, 0.05) is 17.3 Å². The van der Waals surface area contributed by atoms with E-state index >= 15 is 0 Å². The molecular weight excluding hydrogens is 306 g/mol. The number of aryl methyl sites for hydroxylation is 1. The van der Waals surface area contributed by atoms with Gasteiger partial charge in [-0.1, -0.05) is 12.8 Å². The van der Waals surface area contributed by atoms with Gasteiger partial charge in [0.25, 0.3) is 11.5 Å². The summed E-state index contributed by atoms with van der Waals surface area (Å²) in [6.07, 6.45) is 3.46. The van der Waals surface area contributed by atoms with Crippen LogP contribution in [0.1, 0.15) is 41.7 Å². The fourth-order valence-electron chi connectivity index (χ4n) is 2.84. The summed E-state index contributed by atoms with van der Waals surface area (Å²) < 4.78 is 1.36. The van der Waals surface area contributed by atoms with Gasteiger partial charge in [-0.05, 0) is 19.8 Å². The minimum absolute atomic E-state index is 0.133. The first kappa shape index (κ1) is 14.7. The first-order valence-electron chi connectivity index (χ1n) is 6.96. The van der Waals surface area contributed by atoms with Crippen LogP contribution in [-0.4, -0.2) is 31.9 Å². The van der Waals surface area contributed by atoms with Crippen molar-refractivity contribution in [2.45, 2.75) is 38.1 Å². The highest BCUT2D eigenvalue weighted by molar-refractivity contribution is 7.15. The Morgan fingerprint density at radius 1 is 1.41 bits per heavy atom. The number of nitrogens with one attached hydrogen (secondary N) is 1. The molecule has 1 fully saturated rings. The smallest absolute Gasteiger partial charge is 0.329 e. The highest BCUT2D eigenvalue weighted by atomic mass is 32.1. The van der Waals surface area contributed by atoms with E-state index in [1.54, 1.807) is 12.3 Å². The maximum Gasteiger partial charge on any atom is 0.329 e. The summed E-state index contributed by atoms with van der Waals surface area (Å²) >= 11 is 1.31. The molecule has 8 heteroatoms. The number of fused-ring (bicyclic) bond motifs is 1. The Bertz CT molecular complexity index is 817. The summed E-state index contributed by atoms with van der Waals surface area (Å²) in [5, 5.41) is 13.7. The predicted molar refractivity (Wildman–Crippen MR) is 80.4 cm³/mol. The molecule has 116 valence electrons. The Balaban J connectivity index is 1.99. The Labute approximate surface area is 129 Å². The zero-order valence-electron chi connectivity index (χ0n) is 12.0. The van der Waals surface area contributed by atoms with Gasteiger partial charge in [0.05, 0.1) is 0 Å². The van der Waals surface area contributed by atoms with Gasteiger partial charge in [-0.3, -0.25) is 14.0 Å². The van der Waals surface area contributed by atoms with Crippen molar-refractivity contribution in [1.82, 2.24) is 14.7 Å². The molecule has 3 rings (SSSR count). The van der Waals surface area contributed by atoms with Gasteiger partial charge in [-0.25, -0.2) is 9.78 Å². The molecule has 2 aromatic rings. The van der Waals surface area contributed by atoms with E-state index in [9.17, 15) is 19.5 Å². The van der Waals surface area contributed by atoms with Crippen molar-refractivity contribution in [3.05, 3.63) is 33.2 Å². The van der Waals surface area contributed by atoms with Crippen molar-refractivity contribution in [2.24, 2.45) is 0 Å². The molecule has 2 heterocycles. The Morgan fingerprint density at radius 2 is 2.09 bits per heavy atom. The van der Waals surface area contributed by atoms with Gasteiger partial charge in [0.2, 0.25) is 0 Å². The van der Waals surface area contributed by atoms with E-state index in [1.807, 2.05) is 0 Å². The number of rotatable bonds is 3. The lowest BCUT2D eigenvalue weighted by Gasteiger charge is -2.25. The van der Waals surface area contributed by atoms with Crippen molar-refractivity contribution in [3.63, 3.8) is 0 Å². The van der Waals surface area contributed by atoms with E-state index in [2.05, 4.69) is 10.3 Å². The average molecular weight is 321 g/mol. The maximum absolute atomic E-state index is 12.4. The number of hydrogen-bond donors (Lipinski definition) is 2. The molecule has 7 nitrogen and oxygen atoms in total. The highest BCUT2D eigenvalue weighted by Crippen LogP contribution is 2.30. The van der Waals surface area contributed by atoms with E-state index < -0.39 is 23.0 Å². The number of aromatic nitrogens is 2. The number of carboxylic acids is 1. The Morgan fingerprint density at radius 3 is 2.73 bits per heavy atom. The standard InChI is InChI=1S/C14H15N3O4S/c1-8-7-22-13-15-6-9(11(19)17(8)13)10(18)16-14(12(20)21)4-2-3-5-14/h6-7H,2-5H2,1H3,(H,16,18)(H,20,21). The van der Waals surface area contributed by atoms with Gasteiger partial charge in [-0.15, -0.1) is 11.3 Å². The number of carbonyl (C=O) groups excluding carboxylic acids is 1. The first-order valence-corrected chi connectivity index (χ1v) is 7.84. The van der Waals surface area contributed by atoms with E-state index in [0.29, 0.717) is 23.5 Å². The van der Waals surface area contributed by atoms with Crippen LogP contribution in [0.25, 0.3) is 4.96 Å². The molecule has 0 bridgehead atoms. The van der Waals surface area contributed by atoms with E-state index in [0.717, 1.165) is 12.8 Å². The average Bonchev–Trinajstić information content (AvgIpc) is 3.07. The van der Waals surface area contributed by atoms with Crippen LogP contribution in [0.2, 0.25) is 0 Å². The molecule has 0 unspecified atom stereocenters. The second kappa shape index (κ2) is 5.20. The molecule has 0 aliphatic heterocycles. The van der Waals surface area contributed by atoms with Crippen molar-refractivity contribution in [2.75, 3.05) is 0 Å². The minimum Gasteiger partial charge on any atom is -0.480 e. The highest BCUT2D eigenvalue weighted by Gasteiger charge is 2.43. The third-order valence-electron chi connectivity index (χ3n) is 4.08. The molecule has 0 aromatic carbocycles. The number of amides is 1. The number of hydrogen-bond acceptors (Lipinski definition) is 5. The van der Waals surface area contributed by atoms with Gasteiger partial charge in [0.1, 0.15) is 11.1 Å². The Kier molecular flexibility index (Phi) is 3.48. The molecule has 1 amide bonds. The SMILES string of the molecule is Cc1csc2ncc(C(=O)NC3(C(=O)O)CCCC3)c(=O)n12. The molecule has 0 spiro atoms. The van der Waals surface area contributed by atoms with E-state index in [4.69, 9.17) is 0 Å². The number of aliphatic carboxylic acids is 1. The van der Waals surface area contributed by atoms with Crippen LogP contribution in [0.15, 0.2) is 16.4 Å². The minimum atomic E-state index is -1.27. The van der Waals surface area contributed by atoms with Crippen molar-refractivity contribution in [3.8, 4) is 0 Å². The van der Waals surface area contributed by atoms with Crippen LogP contribution in [0, 0.1) is 6.92 Å². The quantitative estimate of drug-likeness (QED) is 0.884. The summed E-state index contributed by atoms with van der Waals surface area (Å²) in [5.41, 5.74) is -1.18. The van der Waals surface area contributed by atoms with Gasteiger partial charge < -0.3 is 10.4 Å². The lowest BCUT2D eigenvalue weighted by Crippen LogP contribution is -2.53. The monoisotopic (exact) mass is 321 g/mol. The van der Waals surface area contributed by atoms with E-state index in [-0.39, 0.29) is 5.56 Å². The summed E-state index contributed by atoms with van der Waals surface area (Å²) in [5.74, 6) is -1.74. The summed E-state index contributed by atoms with van der Waals surface area (Å²) in [6.45, 7) is 1.75. The van der Waals surface area contributed by atoms with Crippen LogP contribution < -0.4 is 10.9 Å². The molecule has 1 aliphatic rings. The van der Waals surface area contributed by atoms with Gasteiger partial charge >= 0.3 is 5.97 Å². The molecule has 0 atom stereocenters. The summed E-state index contributed by atoms with van der Waals surface area (Å²) in [7, 11) is 0. The van der Waals surface area contributed by atoms with Crippen molar-refractivity contribution < 1.29 is 14.7 Å². The van der Waals surface area contributed by atoms with Crippen LogP contribution in [0.4, 0.5) is 0 Å². The fourth-order valence-corrected chi connectivity index (χ4v) is 3.66. The summed E-state index contributed by atoms with van der Waals surface area (Å²) in [4.78, 5) is 40.9. The van der Waals surface area contributed by atoms with Crippen molar-refractivity contribution in [1.29, 1.82) is 0 Å². The van der Waals surface area contributed by atoms with Crippen LogP contribution in [0.3, 0.4) is 0 Å². The fraction of sp³-hybridized carbons (Fsp3) is 0.429. The maximum atomic E-state index is 12.4. The molecular formula is C14H15N3O4S. The number of thiazole rings is 1. The second-order valence-electron chi connectivity index (χ2n) is 5.52. The number of nitrogens with zero attached hydrogens (tertiary/aromatic N) is 2. The third kappa shape index (κ3) is 2.19. The lowest BCUT2D eigenvalue weighted by molar-refractivity contribution is -0.144. The van der Waals surface area contributed by atoms with Crippen molar-refractivity contribution >= 4 is 28.2 Å². The third-order valence-corrected chi connectivity index (χ3v) is 5.04. The van der Waals surface area contributed by atoms with Crippen LogP contribution in [-0.2, 0) is 4.79 Å². The zero-order chi connectivity index (χ0) is 15.9. The number of carboxylic acid groups (broad SMARTS) is 1. The first-order chi connectivity index (χ1) is 10.4. The molecule has 1 aliphatic carbocycles. The van der Waals surface area contributed by atoms with Crippen LogP contribution >= 0.6 is 11.3 Å². The Hall–Kier alpha value is -2.22. The van der Waals surface area contributed by atoms with Gasteiger partial charge in [-0.2, -0.15) is 0 Å². The molecule has 1 saturated carbocycles. The largest absolute Gasteiger partial charge is 0.480 e. The molecule has 0 radical (unpaired) electrons. The predicted octanol–water partition coefficient (Wildman–Crippen LogP) is 1.19. The normalized spacial score (nSPS) is 16.8. The van der Waals surface area contributed by atoms with Gasteiger partial charge in [0.15, 0.2) is 4.96 Å². The topological polar surface area (TPSA) is 101 Å². The van der Waals surface area contributed by atoms with E-state index in [1.165, 1.54) is 21.9 Å². The second-order valence-corrected chi connectivity index (χ2v) is 6.36. The summed E-state index contributed by atoms with van der Waals surface area (Å²) in [6, 6.07) is 0. The lowest BCUT2D eigenvalue weighted by atomic mass is 9.97. The molecule has 0 saturated heterocycles. The van der Waals surface area contributed by atoms with Crippen LogP contribution in [0.5, 0.6) is 0 Å². The molecule has 22 heavy (non-hydrogen) atoms. The molecule has 2 N–H and O–H groups in total. The zero-order valence-corrected chi connectivity index (χ0v) is 12.8.